The van der Waals surface area contributed by atoms with Gasteiger partial charge < -0.3 is 9.73 Å². The minimum Gasteiger partial charge on any atom is -0.410 e. The second-order valence-electron chi connectivity index (χ2n) is 5.37. The van der Waals surface area contributed by atoms with Crippen LogP contribution in [0.1, 0.15) is 27.2 Å². The summed E-state index contributed by atoms with van der Waals surface area (Å²) in [6.45, 7) is 0. The zero-order valence-corrected chi connectivity index (χ0v) is 14.9. The summed E-state index contributed by atoms with van der Waals surface area (Å²) in [4.78, 5) is 12.9. The molecule has 2 aromatic heterocycles. The minimum absolute atomic E-state index is 0.0502. The summed E-state index contributed by atoms with van der Waals surface area (Å²) in [6, 6.07) is 12.3. The van der Waals surface area contributed by atoms with Crippen molar-refractivity contribution in [2.75, 3.05) is 6.26 Å². The molecule has 0 aliphatic carbocycles. The molecule has 0 radical (unpaired) electrons. The highest BCUT2D eigenvalue weighted by Gasteiger charge is 2.25. The maximum absolute atomic E-state index is 12.4. The van der Waals surface area contributed by atoms with Gasteiger partial charge in [-0.25, -0.2) is 8.42 Å². The van der Waals surface area contributed by atoms with Crippen LogP contribution in [0.25, 0.3) is 0 Å². The molecule has 1 atom stereocenters. The predicted octanol–water partition coefficient (Wildman–Crippen LogP) is 2.25. The van der Waals surface area contributed by atoms with E-state index in [2.05, 4.69) is 15.5 Å². The number of aromatic nitrogens is 2. The average molecular weight is 377 g/mol. The predicted molar refractivity (Wildman–Crippen MR) is 92.1 cm³/mol. The largest absolute Gasteiger partial charge is 0.410 e. The molecule has 0 aliphatic rings. The Labute approximate surface area is 148 Å². The molecule has 7 nitrogen and oxygen atoms in total. The molecule has 1 N–H and O–H groups in total. The van der Waals surface area contributed by atoms with Crippen molar-refractivity contribution in [1.82, 2.24) is 15.5 Å². The highest BCUT2D eigenvalue weighted by Crippen LogP contribution is 2.20. The molecule has 2 heterocycles. The van der Waals surface area contributed by atoms with E-state index in [1.165, 1.54) is 11.3 Å². The lowest BCUT2D eigenvalue weighted by molar-refractivity contribution is 0.0933. The number of carbonyl (C=O) groups is 1. The van der Waals surface area contributed by atoms with E-state index in [4.69, 9.17) is 4.42 Å². The molecular weight excluding hydrogens is 362 g/mol. The van der Waals surface area contributed by atoms with Crippen molar-refractivity contribution in [2.45, 2.75) is 17.7 Å². The number of thiophene rings is 1. The van der Waals surface area contributed by atoms with Crippen LogP contribution in [0.4, 0.5) is 0 Å². The third-order valence-corrected chi connectivity index (χ3v) is 5.04. The molecule has 0 bridgehead atoms. The lowest BCUT2D eigenvalue weighted by Gasteiger charge is -2.14. The summed E-state index contributed by atoms with van der Waals surface area (Å²) >= 11 is 1.31. The molecule has 0 spiro atoms. The quantitative estimate of drug-likeness (QED) is 0.707. The lowest BCUT2D eigenvalue weighted by Crippen LogP contribution is -2.29. The summed E-state index contributed by atoms with van der Waals surface area (Å²) in [6.07, 6.45) is 1.38. The van der Waals surface area contributed by atoms with Crippen LogP contribution < -0.4 is 5.32 Å². The van der Waals surface area contributed by atoms with E-state index in [-0.39, 0.29) is 11.8 Å². The Hall–Kier alpha value is -2.52. The summed E-state index contributed by atoms with van der Waals surface area (Å²) in [5, 5.41) is 11.5. The van der Waals surface area contributed by atoms with Crippen LogP contribution in [0, 0.1) is 0 Å². The Morgan fingerprint density at radius 2 is 1.96 bits per heavy atom. The van der Waals surface area contributed by atoms with Gasteiger partial charge in [0.05, 0.1) is 4.88 Å². The number of amides is 1. The number of hydrogen-bond donors (Lipinski definition) is 1. The van der Waals surface area contributed by atoms with Gasteiger partial charge in [-0.05, 0) is 17.0 Å². The van der Waals surface area contributed by atoms with Crippen LogP contribution in [0.5, 0.6) is 0 Å². The highest BCUT2D eigenvalue weighted by molar-refractivity contribution is 7.90. The summed E-state index contributed by atoms with van der Waals surface area (Å²) in [7, 11) is -3.61. The number of carbonyl (C=O) groups excluding carboxylic acids is 1. The van der Waals surface area contributed by atoms with Crippen molar-refractivity contribution in [3.8, 4) is 0 Å². The van der Waals surface area contributed by atoms with Gasteiger partial charge in [-0.15, -0.1) is 16.4 Å². The Bertz CT molecular complexity index is 950. The van der Waals surface area contributed by atoms with Crippen molar-refractivity contribution in [1.29, 1.82) is 0 Å². The first-order valence-electron chi connectivity index (χ1n) is 7.35. The first-order chi connectivity index (χ1) is 11.9. The van der Waals surface area contributed by atoms with Gasteiger partial charge in [0.2, 0.25) is 15.7 Å². The molecule has 0 saturated carbocycles. The zero-order valence-electron chi connectivity index (χ0n) is 13.2. The number of nitrogens with one attached hydrogen (secondary N) is 1. The highest BCUT2D eigenvalue weighted by atomic mass is 32.2. The van der Waals surface area contributed by atoms with Crippen LogP contribution in [0.2, 0.25) is 0 Å². The van der Waals surface area contributed by atoms with Gasteiger partial charge in [0.25, 0.3) is 5.91 Å². The molecule has 0 fully saturated rings. The van der Waals surface area contributed by atoms with Crippen molar-refractivity contribution in [3.63, 3.8) is 0 Å². The number of rotatable bonds is 6. The Morgan fingerprint density at radius 3 is 2.56 bits per heavy atom. The van der Waals surface area contributed by atoms with E-state index in [9.17, 15) is 13.2 Å². The van der Waals surface area contributed by atoms with Crippen molar-refractivity contribution in [3.05, 3.63) is 64.2 Å². The van der Waals surface area contributed by atoms with Crippen LogP contribution in [0.15, 0.2) is 57.5 Å². The standard InChI is InChI=1S/C16H15N3O4S2/c1-25(21,22)16-19-18-15(23-16)12(10-11-6-3-2-4-7-11)17-14(20)13-8-5-9-24-13/h2-9,12H,10H2,1H3,(H,17,20)/t12-/m0/s1. The fraction of sp³-hybridized carbons (Fsp3) is 0.188. The molecule has 3 rings (SSSR count). The van der Waals surface area contributed by atoms with E-state index in [0.29, 0.717) is 11.3 Å². The molecule has 9 heteroatoms. The average Bonchev–Trinajstić information content (AvgIpc) is 3.26. The maximum atomic E-state index is 12.4. The van der Waals surface area contributed by atoms with E-state index in [0.717, 1.165) is 11.8 Å². The third kappa shape index (κ3) is 4.31. The number of hydrogen-bond acceptors (Lipinski definition) is 7. The van der Waals surface area contributed by atoms with Gasteiger partial charge in [-0.1, -0.05) is 41.5 Å². The molecule has 0 aliphatic heterocycles. The van der Waals surface area contributed by atoms with Gasteiger partial charge in [0.15, 0.2) is 0 Å². The smallest absolute Gasteiger partial charge is 0.335 e. The molecule has 1 amide bonds. The fourth-order valence-electron chi connectivity index (χ4n) is 2.20. The third-order valence-electron chi connectivity index (χ3n) is 3.37. The summed E-state index contributed by atoms with van der Waals surface area (Å²) in [5.74, 6) is -0.232. The van der Waals surface area contributed by atoms with E-state index in [1.54, 1.807) is 17.5 Å². The molecule has 0 saturated heterocycles. The van der Waals surface area contributed by atoms with Crippen LogP contribution in [0.3, 0.4) is 0 Å². The minimum atomic E-state index is -3.61. The van der Waals surface area contributed by atoms with Gasteiger partial charge in [-0.3, -0.25) is 4.79 Å². The second-order valence-corrected chi connectivity index (χ2v) is 8.21. The van der Waals surface area contributed by atoms with Gasteiger partial charge in [0, 0.05) is 12.7 Å². The monoisotopic (exact) mass is 377 g/mol. The van der Waals surface area contributed by atoms with Crippen molar-refractivity contribution < 1.29 is 17.6 Å². The Morgan fingerprint density at radius 1 is 1.20 bits per heavy atom. The number of nitrogens with zero attached hydrogens (tertiary/aromatic N) is 2. The topological polar surface area (TPSA) is 102 Å². The fourth-order valence-corrected chi connectivity index (χ4v) is 3.25. The molecule has 130 valence electrons. The molecule has 1 aromatic carbocycles. The molecule has 0 unspecified atom stereocenters. The summed E-state index contributed by atoms with van der Waals surface area (Å²) in [5.41, 5.74) is 0.943. The molecule has 25 heavy (non-hydrogen) atoms. The van der Waals surface area contributed by atoms with E-state index >= 15 is 0 Å². The summed E-state index contributed by atoms with van der Waals surface area (Å²) < 4.78 is 28.4. The van der Waals surface area contributed by atoms with Gasteiger partial charge >= 0.3 is 5.22 Å². The Kier molecular flexibility index (Phi) is 4.95. The van der Waals surface area contributed by atoms with E-state index < -0.39 is 21.1 Å². The van der Waals surface area contributed by atoms with Crippen LogP contribution >= 0.6 is 11.3 Å². The first kappa shape index (κ1) is 17.3. The van der Waals surface area contributed by atoms with Gasteiger partial charge in [0.1, 0.15) is 6.04 Å². The number of sulfone groups is 1. The molecule has 3 aromatic rings. The normalized spacial score (nSPS) is 12.7. The van der Waals surface area contributed by atoms with E-state index in [1.807, 2.05) is 30.3 Å². The van der Waals surface area contributed by atoms with Crippen molar-refractivity contribution >= 4 is 27.1 Å². The van der Waals surface area contributed by atoms with Crippen LogP contribution in [-0.4, -0.2) is 30.8 Å². The van der Waals surface area contributed by atoms with Crippen LogP contribution in [-0.2, 0) is 16.3 Å². The maximum Gasteiger partial charge on any atom is 0.335 e. The van der Waals surface area contributed by atoms with Crippen molar-refractivity contribution in [2.24, 2.45) is 0 Å². The lowest BCUT2D eigenvalue weighted by atomic mass is 10.1. The Balaban J connectivity index is 1.88. The first-order valence-corrected chi connectivity index (χ1v) is 10.1. The number of benzene rings is 1. The zero-order chi connectivity index (χ0) is 17.9. The second kappa shape index (κ2) is 7.16. The van der Waals surface area contributed by atoms with Gasteiger partial charge in [-0.2, -0.15) is 0 Å². The molecular formula is C16H15N3O4S2. The SMILES string of the molecule is CS(=O)(=O)c1nnc([C@H](Cc2ccccc2)NC(=O)c2cccs2)o1.